The van der Waals surface area contributed by atoms with Gasteiger partial charge in [-0.05, 0) is 5.18 Å². The van der Waals surface area contributed by atoms with Crippen LogP contribution in [0, 0.1) is 4.91 Å². The minimum Gasteiger partial charge on any atom is -0.394 e. The van der Waals surface area contributed by atoms with Gasteiger partial charge < -0.3 is 25.5 Å². The molecule has 0 saturated heterocycles. The maximum absolute atomic E-state index is 9.65. The van der Waals surface area contributed by atoms with Gasteiger partial charge in [0.15, 0.2) is 0 Å². The van der Waals surface area contributed by atoms with E-state index in [4.69, 9.17) is 25.5 Å². The van der Waals surface area contributed by atoms with Crippen molar-refractivity contribution in [2.45, 2.75) is 24.5 Å². The number of aliphatic hydroxyl groups excluding tert-OH is 5. The van der Waals surface area contributed by atoms with E-state index in [2.05, 4.69) is 0 Å². The highest BCUT2D eigenvalue weighted by atomic mass is 16.4. The first-order valence-electron chi connectivity index (χ1n) is 3.20. The molecule has 0 rings (SSSR count). The van der Waals surface area contributed by atoms with E-state index >= 15 is 0 Å². The molecule has 0 saturated carbocycles. The van der Waals surface area contributed by atoms with Gasteiger partial charge in [0.2, 0.25) is 6.23 Å². The minimum atomic E-state index is -2.01. The van der Waals surface area contributed by atoms with Crippen LogP contribution >= 0.6 is 0 Å². The molecule has 0 aromatic carbocycles. The monoisotopic (exact) mass is 181 g/mol. The summed E-state index contributed by atoms with van der Waals surface area (Å²) in [5, 5.41) is 45.3. The molecule has 0 aliphatic heterocycles. The number of hydrogen-bond acceptors (Lipinski definition) is 7. The molecular weight excluding hydrogens is 170 g/mol. The van der Waals surface area contributed by atoms with Gasteiger partial charge in [-0.15, -0.1) is 4.91 Å². The van der Waals surface area contributed by atoms with Crippen LogP contribution < -0.4 is 0 Å². The lowest BCUT2D eigenvalue weighted by Crippen LogP contribution is -2.45. The lowest BCUT2D eigenvalue weighted by atomic mass is 10.1. The van der Waals surface area contributed by atoms with Crippen molar-refractivity contribution in [3.8, 4) is 0 Å². The third-order valence-corrected chi connectivity index (χ3v) is 1.34. The topological polar surface area (TPSA) is 131 Å². The number of aliphatic hydroxyl groups is 5. The van der Waals surface area contributed by atoms with Gasteiger partial charge >= 0.3 is 0 Å². The van der Waals surface area contributed by atoms with Crippen LogP contribution in [0.5, 0.6) is 0 Å². The molecular formula is C5H11NO6. The molecule has 0 unspecified atom stereocenters. The summed E-state index contributed by atoms with van der Waals surface area (Å²) in [6.45, 7) is -0.788. The Morgan fingerprint density at radius 2 is 1.58 bits per heavy atom. The normalized spacial score (nSPS) is 21.1. The third-order valence-electron chi connectivity index (χ3n) is 1.34. The molecule has 0 fully saturated rings. The summed E-state index contributed by atoms with van der Waals surface area (Å²) >= 11 is 0. The molecule has 0 aromatic rings. The van der Waals surface area contributed by atoms with Gasteiger partial charge in [0, 0.05) is 0 Å². The maximum Gasteiger partial charge on any atom is 0.215 e. The van der Waals surface area contributed by atoms with Gasteiger partial charge in [0.1, 0.15) is 18.3 Å². The summed E-state index contributed by atoms with van der Waals surface area (Å²) in [5.41, 5.74) is 0. The van der Waals surface area contributed by atoms with Gasteiger partial charge in [0.25, 0.3) is 0 Å². The number of nitroso groups, excluding NO2 is 1. The molecule has 0 aliphatic rings. The first-order chi connectivity index (χ1) is 5.54. The van der Waals surface area contributed by atoms with E-state index < -0.39 is 31.1 Å². The SMILES string of the molecule is O=N[C@H](O)[C@@H](O)[C@@H](O)[C@H](O)CO. The molecule has 0 amide bonds. The Hall–Kier alpha value is -0.600. The third kappa shape index (κ3) is 2.80. The summed E-state index contributed by atoms with van der Waals surface area (Å²) in [5.74, 6) is 0. The van der Waals surface area contributed by atoms with E-state index in [0.29, 0.717) is 0 Å². The lowest BCUT2D eigenvalue weighted by molar-refractivity contribution is -0.113. The Kier molecular flexibility index (Phi) is 4.86. The fourth-order valence-electron chi connectivity index (χ4n) is 0.574. The fraction of sp³-hybridized carbons (Fsp3) is 1.00. The Morgan fingerprint density at radius 3 is 1.92 bits per heavy atom. The van der Waals surface area contributed by atoms with Crippen molar-refractivity contribution >= 4 is 0 Å². The molecule has 0 aliphatic carbocycles. The van der Waals surface area contributed by atoms with Gasteiger partial charge in [-0.2, -0.15) is 0 Å². The molecule has 5 N–H and O–H groups in total. The van der Waals surface area contributed by atoms with Crippen LogP contribution in [0.3, 0.4) is 0 Å². The van der Waals surface area contributed by atoms with Crippen molar-refractivity contribution in [3.63, 3.8) is 0 Å². The van der Waals surface area contributed by atoms with Crippen LogP contribution in [-0.4, -0.2) is 56.7 Å². The van der Waals surface area contributed by atoms with Crippen molar-refractivity contribution in [2.24, 2.45) is 5.18 Å². The second-order valence-electron chi connectivity index (χ2n) is 2.25. The van der Waals surface area contributed by atoms with Gasteiger partial charge in [-0.1, -0.05) is 0 Å². The largest absolute Gasteiger partial charge is 0.394 e. The van der Waals surface area contributed by atoms with Crippen LogP contribution in [0.15, 0.2) is 5.18 Å². The molecule has 7 nitrogen and oxygen atoms in total. The first-order valence-corrected chi connectivity index (χ1v) is 3.20. The van der Waals surface area contributed by atoms with Crippen LogP contribution in [0.25, 0.3) is 0 Å². The van der Waals surface area contributed by atoms with Crippen molar-refractivity contribution in [2.75, 3.05) is 6.61 Å². The predicted molar refractivity (Wildman–Crippen MR) is 36.9 cm³/mol. The molecule has 0 spiro atoms. The summed E-state index contributed by atoms with van der Waals surface area (Å²) in [6.07, 6.45) is -7.33. The Labute approximate surface area is 67.9 Å². The molecule has 72 valence electrons. The smallest absolute Gasteiger partial charge is 0.215 e. The van der Waals surface area contributed by atoms with E-state index in [1.807, 2.05) is 5.18 Å². The van der Waals surface area contributed by atoms with Crippen molar-refractivity contribution < 1.29 is 25.5 Å². The highest BCUT2D eigenvalue weighted by Crippen LogP contribution is 2.05. The van der Waals surface area contributed by atoms with Gasteiger partial charge in [-0.25, -0.2) is 0 Å². The molecule has 4 atom stereocenters. The van der Waals surface area contributed by atoms with E-state index in [-0.39, 0.29) is 0 Å². The Bertz CT molecular complexity index is 142. The average Bonchev–Trinajstić information content (AvgIpc) is 2.12. The van der Waals surface area contributed by atoms with Gasteiger partial charge in [-0.3, -0.25) is 0 Å². The molecule has 0 bridgehead atoms. The zero-order valence-electron chi connectivity index (χ0n) is 6.11. The lowest BCUT2D eigenvalue weighted by Gasteiger charge is -2.21. The minimum absolute atomic E-state index is 0.788. The standard InChI is InChI=1S/C5H11NO6/c7-1-2(8)3(9)4(10)5(11)6-12/h2-5,7-11H,1H2/t2-,3+,4+,5-/m1/s1. The summed E-state index contributed by atoms with van der Waals surface area (Å²) in [4.78, 5) is 9.65. The second kappa shape index (κ2) is 5.12. The Morgan fingerprint density at radius 1 is 1.08 bits per heavy atom. The molecule has 12 heavy (non-hydrogen) atoms. The molecule has 0 aromatic heterocycles. The highest BCUT2D eigenvalue weighted by Gasteiger charge is 2.30. The van der Waals surface area contributed by atoms with E-state index in [1.165, 1.54) is 0 Å². The second-order valence-corrected chi connectivity index (χ2v) is 2.25. The summed E-state index contributed by atoms with van der Waals surface area (Å²) in [6, 6.07) is 0. The quantitative estimate of drug-likeness (QED) is 0.290. The number of rotatable bonds is 5. The van der Waals surface area contributed by atoms with Crippen molar-refractivity contribution in [1.82, 2.24) is 0 Å². The fourth-order valence-corrected chi connectivity index (χ4v) is 0.574. The van der Waals surface area contributed by atoms with Crippen LogP contribution in [-0.2, 0) is 0 Å². The van der Waals surface area contributed by atoms with Crippen LogP contribution in [0.2, 0.25) is 0 Å². The Balaban J connectivity index is 4.07. The first kappa shape index (κ1) is 11.4. The summed E-state index contributed by atoms with van der Waals surface area (Å²) < 4.78 is 0. The maximum atomic E-state index is 9.65. The highest BCUT2D eigenvalue weighted by molar-refractivity contribution is 4.78. The zero-order valence-corrected chi connectivity index (χ0v) is 6.11. The van der Waals surface area contributed by atoms with E-state index in [0.717, 1.165) is 0 Å². The predicted octanol–water partition coefficient (Wildman–Crippen LogP) is -2.85. The van der Waals surface area contributed by atoms with Crippen molar-refractivity contribution in [1.29, 1.82) is 0 Å². The van der Waals surface area contributed by atoms with Crippen LogP contribution in [0.4, 0.5) is 0 Å². The van der Waals surface area contributed by atoms with E-state index in [9.17, 15) is 4.91 Å². The molecule has 7 heteroatoms. The average molecular weight is 181 g/mol. The molecule has 0 radical (unpaired) electrons. The van der Waals surface area contributed by atoms with Crippen molar-refractivity contribution in [3.05, 3.63) is 4.91 Å². The van der Waals surface area contributed by atoms with Gasteiger partial charge in [0.05, 0.1) is 6.61 Å². The zero-order chi connectivity index (χ0) is 9.72. The summed E-state index contributed by atoms with van der Waals surface area (Å²) in [7, 11) is 0. The molecule has 0 heterocycles. The van der Waals surface area contributed by atoms with E-state index in [1.54, 1.807) is 0 Å². The van der Waals surface area contributed by atoms with Crippen LogP contribution in [0.1, 0.15) is 0 Å². The number of nitrogens with zero attached hydrogens (tertiary/aromatic N) is 1. The number of hydrogen-bond donors (Lipinski definition) is 5.